The third-order valence-corrected chi connectivity index (χ3v) is 4.05. The summed E-state index contributed by atoms with van der Waals surface area (Å²) in [4.78, 5) is 0. The summed E-state index contributed by atoms with van der Waals surface area (Å²) in [6.07, 6.45) is 17.1. The number of quaternary nitrogens is 1. The second kappa shape index (κ2) is 16.2. The van der Waals surface area contributed by atoms with Gasteiger partial charge in [-0.1, -0.05) is 57.8 Å². The predicted octanol–water partition coefficient (Wildman–Crippen LogP) is 2.31. The standard InChI is InChI=1S/C17H37NS.BrH/c1-18(2,3)16-14-12-10-8-6-4-5-7-9-11-13-15-17-19;/h4-17H2,1-3H3;1H. The van der Waals surface area contributed by atoms with Crippen LogP contribution in [0.1, 0.15) is 77.0 Å². The highest BCUT2D eigenvalue weighted by atomic mass is 79.9. The molecule has 0 fully saturated rings. The Balaban J connectivity index is 0. The average Bonchev–Trinajstić information content (AvgIpc) is 2.34. The highest BCUT2D eigenvalue weighted by Gasteiger charge is 2.04. The first kappa shape index (κ1) is 23.1. The fourth-order valence-corrected chi connectivity index (χ4v) is 2.69. The van der Waals surface area contributed by atoms with E-state index in [9.17, 15) is 0 Å². The Bertz CT molecular complexity index is 180. The molecular weight excluding hydrogens is 330 g/mol. The number of rotatable bonds is 14. The highest BCUT2D eigenvalue weighted by molar-refractivity contribution is 7.80. The van der Waals surface area contributed by atoms with Gasteiger partial charge >= 0.3 is 0 Å². The van der Waals surface area contributed by atoms with Crippen LogP contribution in [0.15, 0.2) is 0 Å². The highest BCUT2D eigenvalue weighted by Crippen LogP contribution is 2.12. The molecule has 124 valence electrons. The zero-order chi connectivity index (χ0) is 14.4. The van der Waals surface area contributed by atoms with Gasteiger partial charge in [-0.2, -0.15) is 12.6 Å². The van der Waals surface area contributed by atoms with Crippen LogP contribution in [-0.2, 0) is 0 Å². The van der Waals surface area contributed by atoms with Crippen molar-refractivity contribution in [2.45, 2.75) is 77.0 Å². The van der Waals surface area contributed by atoms with Gasteiger partial charge in [0.25, 0.3) is 0 Å². The van der Waals surface area contributed by atoms with E-state index in [2.05, 4.69) is 33.8 Å². The van der Waals surface area contributed by atoms with E-state index >= 15 is 0 Å². The minimum atomic E-state index is 0. The van der Waals surface area contributed by atoms with Gasteiger partial charge in [0.1, 0.15) is 0 Å². The summed E-state index contributed by atoms with van der Waals surface area (Å²) in [5.74, 6) is 1.06. The molecule has 0 radical (unpaired) electrons. The largest absolute Gasteiger partial charge is 1.00 e. The molecule has 20 heavy (non-hydrogen) atoms. The smallest absolute Gasteiger partial charge is 0.0780 e. The van der Waals surface area contributed by atoms with Gasteiger partial charge in [0, 0.05) is 0 Å². The molecule has 0 aromatic carbocycles. The quantitative estimate of drug-likeness (QED) is 0.272. The molecule has 0 saturated carbocycles. The predicted molar refractivity (Wildman–Crippen MR) is 92.2 cm³/mol. The molecular formula is C17H38BrNS. The molecule has 0 N–H and O–H groups in total. The number of nitrogens with zero attached hydrogens (tertiary/aromatic N) is 1. The lowest BCUT2D eigenvalue weighted by Gasteiger charge is -2.23. The van der Waals surface area contributed by atoms with Gasteiger partial charge in [0.15, 0.2) is 0 Å². The zero-order valence-electron chi connectivity index (χ0n) is 14.2. The minimum absolute atomic E-state index is 0. The summed E-state index contributed by atoms with van der Waals surface area (Å²) in [5, 5.41) is 0. The van der Waals surface area contributed by atoms with E-state index in [1.807, 2.05) is 0 Å². The van der Waals surface area contributed by atoms with Crippen LogP contribution in [0.4, 0.5) is 0 Å². The molecule has 0 aromatic heterocycles. The fraction of sp³-hybridized carbons (Fsp3) is 1.00. The second-order valence-electron chi connectivity index (χ2n) is 6.98. The lowest BCUT2D eigenvalue weighted by atomic mass is 10.1. The summed E-state index contributed by atoms with van der Waals surface area (Å²) < 4.78 is 1.12. The van der Waals surface area contributed by atoms with Gasteiger partial charge in [-0.3, -0.25) is 0 Å². The maximum absolute atomic E-state index is 4.24. The zero-order valence-corrected chi connectivity index (χ0v) is 16.7. The minimum Gasteiger partial charge on any atom is -1.00 e. The third-order valence-electron chi connectivity index (χ3n) is 3.74. The van der Waals surface area contributed by atoms with Gasteiger partial charge in [0.2, 0.25) is 0 Å². The maximum Gasteiger partial charge on any atom is 0.0780 e. The van der Waals surface area contributed by atoms with Crippen molar-refractivity contribution in [3.63, 3.8) is 0 Å². The first-order valence-corrected chi connectivity index (χ1v) is 9.11. The summed E-state index contributed by atoms with van der Waals surface area (Å²) in [7, 11) is 6.86. The van der Waals surface area contributed by atoms with Crippen LogP contribution in [0.2, 0.25) is 0 Å². The molecule has 0 unspecified atom stereocenters. The van der Waals surface area contributed by atoms with Gasteiger partial charge in [0.05, 0.1) is 27.7 Å². The van der Waals surface area contributed by atoms with Crippen LogP contribution >= 0.6 is 12.6 Å². The van der Waals surface area contributed by atoms with Crippen LogP contribution in [-0.4, -0.2) is 37.9 Å². The molecule has 0 aromatic rings. The van der Waals surface area contributed by atoms with Crippen molar-refractivity contribution in [3.05, 3.63) is 0 Å². The molecule has 0 rings (SSSR count). The van der Waals surface area contributed by atoms with E-state index in [1.165, 1.54) is 83.6 Å². The van der Waals surface area contributed by atoms with E-state index in [4.69, 9.17) is 0 Å². The van der Waals surface area contributed by atoms with Crippen molar-refractivity contribution < 1.29 is 21.5 Å². The van der Waals surface area contributed by atoms with E-state index in [0.717, 1.165) is 10.2 Å². The Morgan fingerprint density at radius 1 is 0.550 bits per heavy atom. The Labute approximate surface area is 144 Å². The Morgan fingerprint density at radius 3 is 1.15 bits per heavy atom. The molecule has 0 saturated heterocycles. The summed E-state index contributed by atoms with van der Waals surface area (Å²) >= 11 is 4.24. The Hall–Kier alpha value is 0.790. The van der Waals surface area contributed by atoms with Crippen LogP contribution < -0.4 is 17.0 Å². The number of unbranched alkanes of at least 4 members (excludes halogenated alkanes) is 11. The van der Waals surface area contributed by atoms with Crippen molar-refractivity contribution in [2.75, 3.05) is 33.4 Å². The van der Waals surface area contributed by atoms with Crippen molar-refractivity contribution in [2.24, 2.45) is 0 Å². The first-order valence-electron chi connectivity index (χ1n) is 8.47. The normalized spacial score (nSPS) is 11.4. The molecule has 0 spiro atoms. The maximum atomic E-state index is 4.24. The Morgan fingerprint density at radius 2 is 0.850 bits per heavy atom. The number of hydrogen-bond donors (Lipinski definition) is 1. The van der Waals surface area contributed by atoms with Crippen molar-refractivity contribution in [3.8, 4) is 0 Å². The van der Waals surface area contributed by atoms with Gasteiger partial charge in [-0.05, 0) is 25.0 Å². The van der Waals surface area contributed by atoms with Crippen molar-refractivity contribution >= 4 is 12.6 Å². The van der Waals surface area contributed by atoms with Crippen LogP contribution in [0.25, 0.3) is 0 Å². The van der Waals surface area contributed by atoms with Crippen molar-refractivity contribution in [1.82, 2.24) is 0 Å². The lowest BCUT2D eigenvalue weighted by molar-refractivity contribution is -0.870. The molecule has 0 heterocycles. The number of hydrogen-bond acceptors (Lipinski definition) is 1. The van der Waals surface area contributed by atoms with Crippen molar-refractivity contribution in [1.29, 1.82) is 0 Å². The lowest BCUT2D eigenvalue weighted by Crippen LogP contribution is -3.00. The van der Waals surface area contributed by atoms with E-state index in [1.54, 1.807) is 0 Å². The van der Waals surface area contributed by atoms with E-state index in [0.29, 0.717) is 0 Å². The molecule has 0 aliphatic heterocycles. The van der Waals surface area contributed by atoms with Gasteiger partial charge in [-0.25, -0.2) is 0 Å². The van der Waals surface area contributed by atoms with Crippen LogP contribution in [0.5, 0.6) is 0 Å². The fourth-order valence-electron chi connectivity index (χ4n) is 2.47. The van der Waals surface area contributed by atoms with E-state index in [-0.39, 0.29) is 17.0 Å². The number of thiol groups is 1. The molecule has 0 atom stereocenters. The molecule has 0 bridgehead atoms. The molecule has 1 nitrogen and oxygen atoms in total. The molecule has 0 aliphatic carbocycles. The monoisotopic (exact) mass is 367 g/mol. The van der Waals surface area contributed by atoms with Gasteiger partial charge in [-0.15, -0.1) is 0 Å². The first-order chi connectivity index (χ1) is 9.06. The topological polar surface area (TPSA) is 0 Å². The molecule has 0 amide bonds. The SMILES string of the molecule is C[N+](C)(C)CCCCCCCCCCCCCCS.[Br-]. The summed E-state index contributed by atoms with van der Waals surface area (Å²) in [6.45, 7) is 1.33. The van der Waals surface area contributed by atoms with E-state index < -0.39 is 0 Å². The summed E-state index contributed by atoms with van der Waals surface area (Å²) in [5.41, 5.74) is 0. The Kier molecular flexibility index (Phi) is 18.6. The summed E-state index contributed by atoms with van der Waals surface area (Å²) in [6, 6.07) is 0. The molecule has 0 aliphatic rings. The third kappa shape index (κ3) is 21.1. The second-order valence-corrected chi connectivity index (χ2v) is 7.43. The van der Waals surface area contributed by atoms with Crippen LogP contribution in [0.3, 0.4) is 0 Å². The number of halogens is 1. The van der Waals surface area contributed by atoms with Gasteiger partial charge < -0.3 is 21.5 Å². The van der Waals surface area contributed by atoms with Crippen LogP contribution in [0, 0.1) is 0 Å². The average molecular weight is 368 g/mol. The molecule has 3 heteroatoms.